The van der Waals surface area contributed by atoms with Gasteiger partial charge in [0.1, 0.15) is 0 Å². The molecule has 0 spiro atoms. The summed E-state index contributed by atoms with van der Waals surface area (Å²) in [6.45, 7) is 5.55. The summed E-state index contributed by atoms with van der Waals surface area (Å²) in [4.78, 5) is 10.9. The first-order valence-electron chi connectivity index (χ1n) is 5.87. The Morgan fingerprint density at radius 1 is 1.35 bits per heavy atom. The van der Waals surface area contributed by atoms with Crippen LogP contribution in [-0.2, 0) is 11.3 Å². The fourth-order valence-electron chi connectivity index (χ4n) is 1.93. The van der Waals surface area contributed by atoms with Crippen molar-refractivity contribution in [1.82, 2.24) is 4.57 Å². The van der Waals surface area contributed by atoms with E-state index in [1.807, 2.05) is 44.3 Å². The molecule has 90 valence electrons. The van der Waals surface area contributed by atoms with Gasteiger partial charge >= 0.3 is 0 Å². The molecule has 17 heavy (non-hydrogen) atoms. The summed E-state index contributed by atoms with van der Waals surface area (Å²) in [5.41, 5.74) is 1.83. The average molecular weight is 231 g/mol. The Kier molecular flexibility index (Phi) is 3.59. The molecule has 1 aromatic heterocycles. The lowest BCUT2D eigenvalue weighted by atomic mass is 10.1. The standard InChI is InChI=1S/C14H17NO2/c1-11(2)17-9-8-15-7-6-13-12(10-16)4-3-5-14(13)15/h3-7,10-11H,8-9H2,1-2H3. The third-order valence-electron chi connectivity index (χ3n) is 2.76. The van der Waals surface area contributed by atoms with Crippen molar-refractivity contribution in [1.29, 1.82) is 0 Å². The van der Waals surface area contributed by atoms with E-state index in [0.717, 1.165) is 29.3 Å². The number of aromatic nitrogens is 1. The van der Waals surface area contributed by atoms with Gasteiger partial charge in [0.25, 0.3) is 0 Å². The number of hydrogen-bond acceptors (Lipinski definition) is 2. The van der Waals surface area contributed by atoms with Gasteiger partial charge in [0.15, 0.2) is 6.29 Å². The van der Waals surface area contributed by atoms with Crippen molar-refractivity contribution in [2.45, 2.75) is 26.5 Å². The van der Waals surface area contributed by atoms with Crippen LogP contribution in [0, 0.1) is 0 Å². The zero-order valence-electron chi connectivity index (χ0n) is 10.2. The molecule has 0 saturated carbocycles. The van der Waals surface area contributed by atoms with Crippen molar-refractivity contribution < 1.29 is 9.53 Å². The number of benzene rings is 1. The molecule has 2 rings (SSSR count). The van der Waals surface area contributed by atoms with E-state index in [9.17, 15) is 4.79 Å². The fourth-order valence-corrected chi connectivity index (χ4v) is 1.93. The number of carbonyl (C=O) groups is 1. The molecule has 0 aliphatic rings. The highest BCUT2D eigenvalue weighted by molar-refractivity contribution is 5.97. The van der Waals surface area contributed by atoms with Crippen LogP contribution in [-0.4, -0.2) is 23.6 Å². The van der Waals surface area contributed by atoms with Crippen LogP contribution in [0.3, 0.4) is 0 Å². The van der Waals surface area contributed by atoms with Gasteiger partial charge in [0.05, 0.1) is 12.7 Å². The Labute approximate surface area is 101 Å². The highest BCUT2D eigenvalue weighted by Crippen LogP contribution is 2.18. The summed E-state index contributed by atoms with van der Waals surface area (Å²) in [6.07, 6.45) is 3.15. The molecule has 0 bridgehead atoms. The second-order valence-electron chi connectivity index (χ2n) is 4.33. The minimum atomic E-state index is 0.252. The maximum absolute atomic E-state index is 10.9. The summed E-state index contributed by atoms with van der Waals surface area (Å²) in [5, 5.41) is 1.01. The van der Waals surface area contributed by atoms with E-state index in [1.165, 1.54) is 0 Å². The maximum Gasteiger partial charge on any atom is 0.150 e. The molecule has 0 unspecified atom stereocenters. The van der Waals surface area contributed by atoms with Crippen molar-refractivity contribution in [2.24, 2.45) is 0 Å². The fraction of sp³-hybridized carbons (Fsp3) is 0.357. The molecule has 0 amide bonds. The zero-order chi connectivity index (χ0) is 12.3. The lowest BCUT2D eigenvalue weighted by Crippen LogP contribution is -2.09. The molecule has 0 atom stereocenters. The van der Waals surface area contributed by atoms with E-state index >= 15 is 0 Å². The van der Waals surface area contributed by atoms with Crippen LogP contribution in [0.5, 0.6) is 0 Å². The molecule has 0 saturated heterocycles. The van der Waals surface area contributed by atoms with Crippen LogP contribution in [0.15, 0.2) is 30.5 Å². The zero-order valence-corrected chi connectivity index (χ0v) is 10.2. The Morgan fingerprint density at radius 3 is 2.88 bits per heavy atom. The molecular weight excluding hydrogens is 214 g/mol. The van der Waals surface area contributed by atoms with Crippen LogP contribution in [0.1, 0.15) is 24.2 Å². The van der Waals surface area contributed by atoms with E-state index in [2.05, 4.69) is 4.57 Å². The quantitative estimate of drug-likeness (QED) is 0.741. The van der Waals surface area contributed by atoms with Crippen molar-refractivity contribution in [3.8, 4) is 0 Å². The molecule has 0 N–H and O–H groups in total. The second-order valence-corrected chi connectivity index (χ2v) is 4.33. The Morgan fingerprint density at radius 2 is 2.18 bits per heavy atom. The number of nitrogens with zero attached hydrogens (tertiary/aromatic N) is 1. The molecule has 3 heteroatoms. The van der Waals surface area contributed by atoms with Crippen LogP contribution in [0.25, 0.3) is 10.9 Å². The normalized spacial score (nSPS) is 11.2. The molecular formula is C14H17NO2. The first-order chi connectivity index (χ1) is 8.22. The number of fused-ring (bicyclic) bond motifs is 1. The molecule has 1 aromatic carbocycles. The predicted molar refractivity (Wildman–Crippen MR) is 68.4 cm³/mol. The van der Waals surface area contributed by atoms with Gasteiger partial charge in [-0.2, -0.15) is 0 Å². The Balaban J connectivity index is 2.21. The van der Waals surface area contributed by atoms with Gasteiger partial charge in [-0.25, -0.2) is 0 Å². The smallest absolute Gasteiger partial charge is 0.150 e. The van der Waals surface area contributed by atoms with E-state index in [0.29, 0.717) is 6.61 Å². The molecule has 0 aliphatic heterocycles. The third-order valence-corrected chi connectivity index (χ3v) is 2.76. The summed E-state index contributed by atoms with van der Waals surface area (Å²) in [6, 6.07) is 7.75. The number of hydrogen-bond donors (Lipinski definition) is 0. The molecule has 0 fully saturated rings. The van der Waals surface area contributed by atoms with Crippen LogP contribution in [0.2, 0.25) is 0 Å². The highest BCUT2D eigenvalue weighted by atomic mass is 16.5. The number of carbonyl (C=O) groups excluding carboxylic acids is 1. The maximum atomic E-state index is 10.9. The molecule has 0 aliphatic carbocycles. The van der Waals surface area contributed by atoms with Gasteiger partial charge in [-0.15, -0.1) is 0 Å². The Bertz CT molecular complexity index is 514. The highest BCUT2D eigenvalue weighted by Gasteiger charge is 2.04. The summed E-state index contributed by atoms with van der Waals surface area (Å²) >= 11 is 0. The minimum absolute atomic E-state index is 0.252. The lowest BCUT2D eigenvalue weighted by Gasteiger charge is -2.09. The van der Waals surface area contributed by atoms with Gasteiger partial charge in [-0.05, 0) is 26.0 Å². The Hall–Kier alpha value is -1.61. The lowest BCUT2D eigenvalue weighted by molar-refractivity contribution is 0.0733. The van der Waals surface area contributed by atoms with Gasteiger partial charge in [-0.3, -0.25) is 4.79 Å². The van der Waals surface area contributed by atoms with Crippen LogP contribution in [0.4, 0.5) is 0 Å². The van der Waals surface area contributed by atoms with E-state index < -0.39 is 0 Å². The summed E-state index contributed by atoms with van der Waals surface area (Å²) < 4.78 is 7.65. The second kappa shape index (κ2) is 5.15. The van der Waals surface area contributed by atoms with Gasteiger partial charge in [0, 0.05) is 29.2 Å². The van der Waals surface area contributed by atoms with E-state index in [1.54, 1.807) is 0 Å². The van der Waals surface area contributed by atoms with Crippen LogP contribution < -0.4 is 0 Å². The van der Waals surface area contributed by atoms with Crippen molar-refractivity contribution in [2.75, 3.05) is 6.61 Å². The predicted octanol–water partition coefficient (Wildman–Crippen LogP) is 2.88. The minimum Gasteiger partial charge on any atom is -0.377 e. The van der Waals surface area contributed by atoms with Crippen LogP contribution >= 0.6 is 0 Å². The monoisotopic (exact) mass is 231 g/mol. The van der Waals surface area contributed by atoms with Crippen molar-refractivity contribution in [3.63, 3.8) is 0 Å². The van der Waals surface area contributed by atoms with E-state index in [-0.39, 0.29) is 6.10 Å². The molecule has 2 aromatic rings. The summed E-state index contributed by atoms with van der Waals surface area (Å²) in [7, 11) is 0. The number of aldehydes is 1. The van der Waals surface area contributed by atoms with Gasteiger partial charge < -0.3 is 9.30 Å². The first kappa shape index (κ1) is 11.9. The number of ether oxygens (including phenoxy) is 1. The van der Waals surface area contributed by atoms with Crippen molar-refractivity contribution in [3.05, 3.63) is 36.0 Å². The SMILES string of the molecule is CC(C)OCCn1ccc2c(C=O)cccc21. The van der Waals surface area contributed by atoms with Gasteiger partial charge in [0.2, 0.25) is 0 Å². The summed E-state index contributed by atoms with van der Waals surface area (Å²) in [5.74, 6) is 0. The topological polar surface area (TPSA) is 31.2 Å². The molecule has 0 radical (unpaired) electrons. The largest absolute Gasteiger partial charge is 0.377 e. The molecule has 1 heterocycles. The number of rotatable bonds is 5. The first-order valence-corrected chi connectivity index (χ1v) is 5.87. The average Bonchev–Trinajstić information content (AvgIpc) is 2.72. The van der Waals surface area contributed by atoms with Crippen molar-refractivity contribution >= 4 is 17.2 Å². The third kappa shape index (κ3) is 2.56. The van der Waals surface area contributed by atoms with Gasteiger partial charge in [-0.1, -0.05) is 12.1 Å². The molecule has 3 nitrogen and oxygen atoms in total. The van der Waals surface area contributed by atoms with E-state index in [4.69, 9.17) is 4.74 Å².